The van der Waals surface area contributed by atoms with Gasteiger partial charge in [0.15, 0.2) is 5.65 Å². The molecular formula is C28H36N8O2. The fourth-order valence-electron chi connectivity index (χ4n) is 5.89. The topological polar surface area (TPSA) is 110 Å². The van der Waals surface area contributed by atoms with E-state index in [0.717, 1.165) is 65.4 Å². The number of hydrogen-bond acceptors (Lipinski definition) is 9. The number of nitrogens with two attached hydrogens (primary N) is 1. The standard InChI is InChI=1S/C28H36N8O2/c1-34-11-13-35(14-12-34)20-6-8-21(9-7-20)36-28-25(27(29)31-18-32-28)26(33-36)19-5-10-23(24(16-19)37-2)30-17-22-4-3-15-38-22/h3-5,10,15-16,18,20-21,30H,6-9,11-14,17H2,1-2H3,(H2,29,31,32). The number of nitrogens with one attached hydrogen (secondary N) is 1. The summed E-state index contributed by atoms with van der Waals surface area (Å²) in [5.74, 6) is 2.02. The third-order valence-corrected chi connectivity index (χ3v) is 8.09. The molecule has 10 nitrogen and oxygen atoms in total. The van der Waals surface area contributed by atoms with Gasteiger partial charge in [0.25, 0.3) is 0 Å². The quantitative estimate of drug-likeness (QED) is 0.376. The highest BCUT2D eigenvalue weighted by atomic mass is 16.5. The predicted octanol–water partition coefficient (Wildman–Crippen LogP) is 4.02. The Morgan fingerprint density at radius 1 is 1.05 bits per heavy atom. The number of hydrogen-bond donors (Lipinski definition) is 2. The molecule has 200 valence electrons. The molecule has 0 radical (unpaired) electrons. The zero-order valence-corrected chi connectivity index (χ0v) is 22.1. The first-order chi connectivity index (χ1) is 18.6. The smallest absolute Gasteiger partial charge is 0.164 e. The molecule has 0 spiro atoms. The molecule has 0 unspecified atom stereocenters. The number of nitrogen functional groups attached to an aromatic ring is 1. The fourth-order valence-corrected chi connectivity index (χ4v) is 5.89. The molecular weight excluding hydrogens is 480 g/mol. The first-order valence-corrected chi connectivity index (χ1v) is 13.5. The second-order valence-corrected chi connectivity index (χ2v) is 10.4. The lowest BCUT2D eigenvalue weighted by atomic mass is 9.90. The van der Waals surface area contributed by atoms with Crippen molar-refractivity contribution in [2.75, 3.05) is 51.4 Å². The first-order valence-electron chi connectivity index (χ1n) is 13.5. The lowest BCUT2D eigenvalue weighted by molar-refractivity contribution is 0.0815. The Kier molecular flexibility index (Phi) is 6.90. The second kappa shape index (κ2) is 10.6. The van der Waals surface area contributed by atoms with Gasteiger partial charge < -0.3 is 25.1 Å². The van der Waals surface area contributed by atoms with E-state index in [1.54, 1.807) is 13.4 Å². The van der Waals surface area contributed by atoms with Crippen LogP contribution >= 0.6 is 0 Å². The summed E-state index contributed by atoms with van der Waals surface area (Å²) >= 11 is 0. The Morgan fingerprint density at radius 3 is 2.58 bits per heavy atom. The van der Waals surface area contributed by atoms with Crippen molar-refractivity contribution in [3.05, 3.63) is 48.7 Å². The number of anilines is 2. The number of ether oxygens (including phenoxy) is 1. The van der Waals surface area contributed by atoms with Crippen LogP contribution in [0.15, 0.2) is 47.3 Å². The number of piperazine rings is 1. The van der Waals surface area contributed by atoms with Crippen LogP contribution in [0.4, 0.5) is 11.5 Å². The predicted molar refractivity (Wildman–Crippen MR) is 148 cm³/mol. The van der Waals surface area contributed by atoms with E-state index < -0.39 is 0 Å². The van der Waals surface area contributed by atoms with Crippen molar-refractivity contribution in [1.82, 2.24) is 29.5 Å². The number of benzene rings is 1. The van der Waals surface area contributed by atoms with Crippen LogP contribution < -0.4 is 15.8 Å². The van der Waals surface area contributed by atoms with Crippen LogP contribution in [0.5, 0.6) is 5.75 Å². The highest BCUT2D eigenvalue weighted by molar-refractivity contribution is 5.98. The Balaban J connectivity index is 1.26. The van der Waals surface area contributed by atoms with Crippen molar-refractivity contribution in [2.24, 2.45) is 0 Å². The molecule has 0 amide bonds. The zero-order valence-electron chi connectivity index (χ0n) is 22.1. The SMILES string of the molecule is COc1cc(-c2nn(C3CCC(N4CCN(C)CC4)CC3)c3ncnc(N)c23)ccc1NCc1ccco1. The van der Waals surface area contributed by atoms with Crippen molar-refractivity contribution in [2.45, 2.75) is 44.3 Å². The monoisotopic (exact) mass is 516 g/mol. The van der Waals surface area contributed by atoms with Crippen molar-refractivity contribution < 1.29 is 9.15 Å². The van der Waals surface area contributed by atoms with Crippen LogP contribution in [0.25, 0.3) is 22.3 Å². The van der Waals surface area contributed by atoms with Crippen molar-refractivity contribution in [3.8, 4) is 17.0 Å². The molecule has 1 aromatic carbocycles. The minimum atomic E-state index is 0.292. The first kappa shape index (κ1) is 24.7. The molecule has 4 heterocycles. The van der Waals surface area contributed by atoms with Gasteiger partial charge in [-0.3, -0.25) is 4.90 Å². The van der Waals surface area contributed by atoms with Gasteiger partial charge in [0.05, 0.1) is 37.0 Å². The van der Waals surface area contributed by atoms with Gasteiger partial charge in [-0.05, 0) is 57.0 Å². The van der Waals surface area contributed by atoms with E-state index in [1.165, 1.54) is 32.3 Å². The lowest BCUT2D eigenvalue weighted by Crippen LogP contribution is -2.49. The average Bonchev–Trinajstić information content (AvgIpc) is 3.61. The van der Waals surface area contributed by atoms with Crippen LogP contribution in [0.1, 0.15) is 37.5 Å². The summed E-state index contributed by atoms with van der Waals surface area (Å²) in [5.41, 5.74) is 9.78. The van der Waals surface area contributed by atoms with Crippen molar-refractivity contribution >= 4 is 22.5 Å². The van der Waals surface area contributed by atoms with Gasteiger partial charge >= 0.3 is 0 Å². The maximum Gasteiger partial charge on any atom is 0.164 e. The minimum Gasteiger partial charge on any atom is -0.495 e. The molecule has 4 aromatic rings. The average molecular weight is 517 g/mol. The molecule has 1 saturated carbocycles. The van der Waals surface area contributed by atoms with Gasteiger partial charge in [-0.2, -0.15) is 5.10 Å². The molecule has 1 aliphatic heterocycles. The summed E-state index contributed by atoms with van der Waals surface area (Å²) in [6, 6.07) is 10.8. The molecule has 3 aromatic heterocycles. The summed E-state index contributed by atoms with van der Waals surface area (Å²) < 4.78 is 13.3. The maximum absolute atomic E-state index is 6.40. The zero-order chi connectivity index (χ0) is 26.1. The molecule has 1 saturated heterocycles. The molecule has 0 atom stereocenters. The number of methoxy groups -OCH3 is 1. The lowest BCUT2D eigenvalue weighted by Gasteiger charge is -2.41. The molecule has 10 heteroatoms. The van der Waals surface area contributed by atoms with E-state index in [1.807, 2.05) is 30.3 Å². The molecule has 3 N–H and O–H groups in total. The summed E-state index contributed by atoms with van der Waals surface area (Å²) in [5, 5.41) is 9.29. The summed E-state index contributed by atoms with van der Waals surface area (Å²) in [6.45, 7) is 5.21. The van der Waals surface area contributed by atoms with Crippen LogP contribution in [-0.2, 0) is 6.54 Å². The van der Waals surface area contributed by atoms with E-state index in [2.05, 4.69) is 36.8 Å². The van der Waals surface area contributed by atoms with Gasteiger partial charge in [0, 0.05) is 37.8 Å². The molecule has 38 heavy (non-hydrogen) atoms. The van der Waals surface area contributed by atoms with Gasteiger partial charge in [0.2, 0.25) is 0 Å². The molecule has 2 fully saturated rings. The van der Waals surface area contributed by atoms with E-state index in [9.17, 15) is 0 Å². The van der Waals surface area contributed by atoms with E-state index in [4.69, 9.17) is 20.0 Å². The molecule has 2 aliphatic rings. The Labute approximate surface area is 222 Å². The van der Waals surface area contributed by atoms with Gasteiger partial charge in [-0.1, -0.05) is 6.07 Å². The van der Waals surface area contributed by atoms with Crippen molar-refractivity contribution in [1.29, 1.82) is 0 Å². The largest absolute Gasteiger partial charge is 0.495 e. The minimum absolute atomic E-state index is 0.292. The Bertz CT molecular complexity index is 1370. The van der Waals surface area contributed by atoms with Gasteiger partial charge in [-0.25, -0.2) is 14.6 Å². The van der Waals surface area contributed by atoms with Crippen LogP contribution in [-0.4, -0.2) is 75.9 Å². The second-order valence-electron chi connectivity index (χ2n) is 10.4. The highest BCUT2D eigenvalue weighted by Gasteiger charge is 2.30. The van der Waals surface area contributed by atoms with E-state index in [0.29, 0.717) is 24.4 Å². The normalized spacial score (nSPS) is 21.1. The molecule has 0 bridgehead atoms. The number of nitrogens with zero attached hydrogens (tertiary/aromatic N) is 6. The number of aromatic nitrogens is 4. The third kappa shape index (κ3) is 4.81. The summed E-state index contributed by atoms with van der Waals surface area (Å²) in [6.07, 6.45) is 7.72. The van der Waals surface area contributed by atoms with Crippen molar-refractivity contribution in [3.63, 3.8) is 0 Å². The number of rotatable bonds is 7. The highest BCUT2D eigenvalue weighted by Crippen LogP contribution is 2.39. The molecule has 6 rings (SSSR count). The number of likely N-dealkylation sites (N-methyl/N-ethyl adjacent to an activating group) is 1. The molecule has 1 aliphatic carbocycles. The van der Waals surface area contributed by atoms with Gasteiger partial charge in [0.1, 0.15) is 29.3 Å². The van der Waals surface area contributed by atoms with Crippen LogP contribution in [0, 0.1) is 0 Å². The third-order valence-electron chi connectivity index (χ3n) is 8.09. The van der Waals surface area contributed by atoms with Crippen LogP contribution in [0.2, 0.25) is 0 Å². The Morgan fingerprint density at radius 2 is 1.84 bits per heavy atom. The number of furan rings is 1. The summed E-state index contributed by atoms with van der Waals surface area (Å²) in [7, 11) is 3.88. The van der Waals surface area contributed by atoms with E-state index >= 15 is 0 Å². The van der Waals surface area contributed by atoms with E-state index in [-0.39, 0.29) is 0 Å². The summed E-state index contributed by atoms with van der Waals surface area (Å²) in [4.78, 5) is 14.0. The maximum atomic E-state index is 6.40. The Hall–Kier alpha value is -3.63. The fraction of sp³-hybridized carbons (Fsp3) is 0.464. The number of fused-ring (bicyclic) bond motifs is 1. The van der Waals surface area contributed by atoms with Gasteiger partial charge in [-0.15, -0.1) is 0 Å². The van der Waals surface area contributed by atoms with Crippen LogP contribution in [0.3, 0.4) is 0 Å².